The lowest BCUT2D eigenvalue weighted by Crippen LogP contribution is -2.30. The molecule has 4 rings (SSSR count). The summed E-state index contributed by atoms with van der Waals surface area (Å²) in [6, 6.07) is 16.5. The Kier molecular flexibility index (Phi) is 6.59. The van der Waals surface area contributed by atoms with Crippen molar-refractivity contribution >= 4 is 16.9 Å². The van der Waals surface area contributed by atoms with Gasteiger partial charge in [0.2, 0.25) is 5.91 Å². The third-order valence-corrected chi connectivity index (χ3v) is 6.23. The molecule has 1 heterocycles. The Labute approximate surface area is 184 Å². The molecule has 1 aliphatic carbocycles. The van der Waals surface area contributed by atoms with E-state index in [2.05, 4.69) is 54.1 Å². The van der Waals surface area contributed by atoms with Gasteiger partial charge in [0.25, 0.3) is 0 Å². The topological polar surface area (TPSA) is 56.1 Å². The van der Waals surface area contributed by atoms with E-state index in [1.165, 1.54) is 5.56 Å². The van der Waals surface area contributed by atoms with Crippen molar-refractivity contribution in [1.82, 2.24) is 14.9 Å². The number of ether oxygens (including phenoxy) is 1. The van der Waals surface area contributed by atoms with Crippen LogP contribution in [0.2, 0.25) is 0 Å². The van der Waals surface area contributed by atoms with Gasteiger partial charge in [-0.3, -0.25) is 4.79 Å². The standard InChI is InChI=1S/C26H33N3O2/c1-4-18(2)20-12-14-22(15-13-20)31-17-7-16-29-24-9-6-5-8-23(24)28-25(29)19(3)27-26(30)21-10-11-21/h5-6,8-9,12-15,18-19,21H,4,7,10-11,16-17H2,1-3H3,(H,27,30). The highest BCUT2D eigenvalue weighted by molar-refractivity contribution is 5.81. The van der Waals surface area contributed by atoms with Crippen molar-refractivity contribution < 1.29 is 9.53 Å². The summed E-state index contributed by atoms with van der Waals surface area (Å²) < 4.78 is 8.21. The molecule has 1 N–H and O–H groups in total. The minimum Gasteiger partial charge on any atom is -0.494 e. The Morgan fingerprint density at radius 2 is 1.90 bits per heavy atom. The zero-order valence-corrected chi connectivity index (χ0v) is 18.8. The van der Waals surface area contributed by atoms with Gasteiger partial charge in [0, 0.05) is 12.5 Å². The summed E-state index contributed by atoms with van der Waals surface area (Å²) in [5.74, 6) is 2.74. The molecule has 2 atom stereocenters. The molecule has 5 heteroatoms. The second-order valence-corrected chi connectivity index (χ2v) is 8.70. The molecule has 5 nitrogen and oxygen atoms in total. The maximum absolute atomic E-state index is 12.2. The minimum atomic E-state index is -0.116. The first-order valence-electron chi connectivity index (χ1n) is 11.5. The molecular weight excluding hydrogens is 386 g/mol. The summed E-state index contributed by atoms with van der Waals surface area (Å²) in [5, 5.41) is 3.14. The Morgan fingerprint density at radius 3 is 2.61 bits per heavy atom. The number of hydrogen-bond donors (Lipinski definition) is 1. The van der Waals surface area contributed by atoms with E-state index >= 15 is 0 Å². The predicted molar refractivity (Wildman–Crippen MR) is 124 cm³/mol. The molecule has 0 saturated heterocycles. The Hall–Kier alpha value is -2.82. The number of aromatic nitrogens is 2. The maximum atomic E-state index is 12.2. The SMILES string of the molecule is CCC(C)c1ccc(OCCCn2c(C(C)NC(=O)C3CC3)nc3ccccc32)cc1. The molecular formula is C26H33N3O2. The number of nitrogens with zero attached hydrogens (tertiary/aromatic N) is 2. The van der Waals surface area contributed by atoms with Crippen LogP contribution in [0.5, 0.6) is 5.75 Å². The highest BCUT2D eigenvalue weighted by atomic mass is 16.5. The molecule has 2 unspecified atom stereocenters. The third-order valence-electron chi connectivity index (χ3n) is 6.23. The molecule has 1 fully saturated rings. The Balaban J connectivity index is 1.39. The van der Waals surface area contributed by atoms with Crippen LogP contribution in [-0.2, 0) is 11.3 Å². The molecule has 164 valence electrons. The van der Waals surface area contributed by atoms with Gasteiger partial charge in [-0.1, -0.05) is 38.1 Å². The fourth-order valence-corrected chi connectivity index (χ4v) is 3.94. The summed E-state index contributed by atoms with van der Waals surface area (Å²) in [6.45, 7) is 7.91. The number of nitrogens with one attached hydrogen (secondary N) is 1. The molecule has 1 aromatic heterocycles. The Morgan fingerprint density at radius 1 is 1.16 bits per heavy atom. The van der Waals surface area contributed by atoms with Gasteiger partial charge >= 0.3 is 0 Å². The molecule has 2 aromatic carbocycles. The van der Waals surface area contributed by atoms with Crippen LogP contribution in [0.3, 0.4) is 0 Å². The summed E-state index contributed by atoms with van der Waals surface area (Å²) in [7, 11) is 0. The van der Waals surface area contributed by atoms with E-state index in [0.29, 0.717) is 12.5 Å². The van der Waals surface area contributed by atoms with Crippen LogP contribution >= 0.6 is 0 Å². The van der Waals surface area contributed by atoms with Crippen molar-refractivity contribution in [3.8, 4) is 5.75 Å². The summed E-state index contributed by atoms with van der Waals surface area (Å²) in [4.78, 5) is 17.1. The van der Waals surface area contributed by atoms with Gasteiger partial charge in [0.05, 0.1) is 23.7 Å². The van der Waals surface area contributed by atoms with E-state index in [4.69, 9.17) is 9.72 Å². The van der Waals surface area contributed by atoms with E-state index in [1.54, 1.807) is 0 Å². The monoisotopic (exact) mass is 419 g/mol. The zero-order valence-electron chi connectivity index (χ0n) is 18.8. The van der Waals surface area contributed by atoms with Crippen LogP contribution in [0.4, 0.5) is 0 Å². The van der Waals surface area contributed by atoms with Crippen molar-refractivity contribution in [1.29, 1.82) is 0 Å². The summed E-state index contributed by atoms with van der Waals surface area (Å²) in [5.41, 5.74) is 3.42. The van der Waals surface area contributed by atoms with Gasteiger partial charge in [0.15, 0.2) is 0 Å². The highest BCUT2D eigenvalue weighted by Gasteiger charge is 2.31. The lowest BCUT2D eigenvalue weighted by atomic mass is 9.99. The fourth-order valence-electron chi connectivity index (χ4n) is 3.94. The van der Waals surface area contributed by atoms with Crippen LogP contribution in [-0.4, -0.2) is 22.1 Å². The van der Waals surface area contributed by atoms with Crippen LogP contribution in [0, 0.1) is 5.92 Å². The Bertz CT molecular complexity index is 1020. The first kappa shape index (κ1) is 21.4. The highest BCUT2D eigenvalue weighted by Crippen LogP contribution is 2.30. The molecule has 1 aliphatic rings. The van der Waals surface area contributed by atoms with Gasteiger partial charge in [-0.15, -0.1) is 0 Å². The number of carbonyl (C=O) groups excluding carboxylic acids is 1. The molecule has 0 aliphatic heterocycles. The van der Waals surface area contributed by atoms with E-state index in [0.717, 1.165) is 54.8 Å². The van der Waals surface area contributed by atoms with Gasteiger partial charge < -0.3 is 14.6 Å². The maximum Gasteiger partial charge on any atom is 0.223 e. The quantitative estimate of drug-likeness (QED) is 0.435. The average Bonchev–Trinajstić information content (AvgIpc) is 3.58. The smallest absolute Gasteiger partial charge is 0.223 e. The normalized spacial score (nSPS) is 15.6. The second kappa shape index (κ2) is 9.54. The number of para-hydroxylation sites is 2. The van der Waals surface area contributed by atoms with E-state index < -0.39 is 0 Å². The van der Waals surface area contributed by atoms with Crippen LogP contribution in [0.25, 0.3) is 11.0 Å². The van der Waals surface area contributed by atoms with Crippen molar-refractivity contribution in [2.75, 3.05) is 6.61 Å². The number of benzene rings is 2. The van der Waals surface area contributed by atoms with Crippen molar-refractivity contribution in [2.45, 2.75) is 65.0 Å². The van der Waals surface area contributed by atoms with Crippen LogP contribution in [0.15, 0.2) is 48.5 Å². The predicted octanol–water partition coefficient (Wildman–Crippen LogP) is 5.61. The molecule has 3 aromatic rings. The van der Waals surface area contributed by atoms with Crippen molar-refractivity contribution in [2.24, 2.45) is 5.92 Å². The van der Waals surface area contributed by atoms with E-state index in [9.17, 15) is 4.79 Å². The number of fused-ring (bicyclic) bond motifs is 1. The second-order valence-electron chi connectivity index (χ2n) is 8.70. The lowest BCUT2D eigenvalue weighted by molar-refractivity contribution is -0.123. The number of rotatable bonds is 10. The molecule has 1 amide bonds. The lowest BCUT2D eigenvalue weighted by Gasteiger charge is -2.16. The van der Waals surface area contributed by atoms with Crippen LogP contribution in [0.1, 0.15) is 69.8 Å². The number of aryl methyl sites for hydroxylation is 1. The minimum absolute atomic E-state index is 0.116. The van der Waals surface area contributed by atoms with Crippen molar-refractivity contribution in [3.63, 3.8) is 0 Å². The van der Waals surface area contributed by atoms with Gasteiger partial charge in [-0.05, 0) is 68.4 Å². The molecule has 0 bridgehead atoms. The first-order chi connectivity index (χ1) is 15.1. The number of amides is 1. The molecule has 31 heavy (non-hydrogen) atoms. The van der Waals surface area contributed by atoms with Gasteiger partial charge in [-0.25, -0.2) is 4.98 Å². The average molecular weight is 420 g/mol. The summed E-state index contributed by atoms with van der Waals surface area (Å²) >= 11 is 0. The van der Waals surface area contributed by atoms with Gasteiger partial charge in [-0.2, -0.15) is 0 Å². The number of carbonyl (C=O) groups is 1. The van der Waals surface area contributed by atoms with Crippen molar-refractivity contribution in [3.05, 3.63) is 59.9 Å². The largest absolute Gasteiger partial charge is 0.494 e. The third kappa shape index (κ3) is 5.09. The fraction of sp³-hybridized carbons (Fsp3) is 0.462. The van der Waals surface area contributed by atoms with Gasteiger partial charge in [0.1, 0.15) is 11.6 Å². The number of imidazole rings is 1. The molecule has 0 radical (unpaired) electrons. The molecule has 0 spiro atoms. The number of hydrogen-bond acceptors (Lipinski definition) is 3. The zero-order chi connectivity index (χ0) is 21.8. The van der Waals surface area contributed by atoms with Crippen LogP contribution < -0.4 is 10.1 Å². The molecule has 1 saturated carbocycles. The van der Waals surface area contributed by atoms with E-state index in [1.807, 2.05) is 25.1 Å². The first-order valence-corrected chi connectivity index (χ1v) is 11.5. The van der Waals surface area contributed by atoms with E-state index in [-0.39, 0.29) is 17.9 Å². The summed E-state index contributed by atoms with van der Waals surface area (Å²) in [6.07, 6.45) is 4.01.